The standard InChI is InChI=1S/C14H20O4S/c15-13(16)11-3-6-14(17,7-4-11)10-18-8-5-12-2-1-9-19-12/h1-2,9,11,17H,3-8,10H2,(H,15,16). The maximum Gasteiger partial charge on any atom is 0.306 e. The molecule has 0 bridgehead atoms. The van der Waals surface area contributed by atoms with Crippen LogP contribution in [-0.2, 0) is 16.0 Å². The number of rotatable bonds is 6. The number of aliphatic hydroxyl groups is 1. The molecule has 19 heavy (non-hydrogen) atoms. The lowest BCUT2D eigenvalue weighted by molar-refractivity contribution is -0.146. The van der Waals surface area contributed by atoms with Gasteiger partial charge in [-0.15, -0.1) is 11.3 Å². The van der Waals surface area contributed by atoms with E-state index < -0.39 is 11.6 Å². The Balaban J connectivity index is 1.66. The van der Waals surface area contributed by atoms with Gasteiger partial charge in [0.15, 0.2) is 0 Å². The van der Waals surface area contributed by atoms with Crippen LogP contribution >= 0.6 is 11.3 Å². The zero-order chi connectivity index (χ0) is 13.7. The van der Waals surface area contributed by atoms with Crippen molar-refractivity contribution in [2.45, 2.75) is 37.7 Å². The largest absolute Gasteiger partial charge is 0.481 e. The van der Waals surface area contributed by atoms with Crippen molar-refractivity contribution in [2.75, 3.05) is 13.2 Å². The Bertz CT molecular complexity index is 394. The Morgan fingerprint density at radius 1 is 1.47 bits per heavy atom. The second-order valence-electron chi connectivity index (χ2n) is 5.22. The van der Waals surface area contributed by atoms with E-state index in [1.165, 1.54) is 4.88 Å². The molecule has 0 spiro atoms. The number of carbonyl (C=O) groups is 1. The molecule has 0 aromatic carbocycles. The molecule has 4 nitrogen and oxygen atoms in total. The molecule has 1 saturated carbocycles. The highest BCUT2D eigenvalue weighted by atomic mass is 32.1. The lowest BCUT2D eigenvalue weighted by atomic mass is 9.79. The third-order valence-corrected chi connectivity index (χ3v) is 4.65. The first-order valence-electron chi connectivity index (χ1n) is 6.64. The highest BCUT2D eigenvalue weighted by Gasteiger charge is 2.35. The van der Waals surface area contributed by atoms with Gasteiger partial charge in [0.2, 0.25) is 0 Å². The fourth-order valence-electron chi connectivity index (χ4n) is 2.44. The summed E-state index contributed by atoms with van der Waals surface area (Å²) >= 11 is 1.70. The van der Waals surface area contributed by atoms with Crippen molar-refractivity contribution >= 4 is 17.3 Å². The summed E-state index contributed by atoms with van der Waals surface area (Å²) in [5, 5.41) is 21.3. The first-order chi connectivity index (χ1) is 9.09. The monoisotopic (exact) mass is 284 g/mol. The molecule has 0 amide bonds. The van der Waals surface area contributed by atoms with Crippen molar-refractivity contribution in [3.05, 3.63) is 22.4 Å². The number of carboxylic acid groups (broad SMARTS) is 1. The predicted molar refractivity (Wildman–Crippen MR) is 73.4 cm³/mol. The minimum absolute atomic E-state index is 0.300. The normalized spacial score (nSPS) is 27.3. The van der Waals surface area contributed by atoms with Gasteiger partial charge < -0.3 is 14.9 Å². The lowest BCUT2D eigenvalue weighted by Gasteiger charge is -2.34. The summed E-state index contributed by atoms with van der Waals surface area (Å²) in [6.07, 6.45) is 2.98. The molecule has 0 atom stereocenters. The molecule has 0 aliphatic heterocycles. The topological polar surface area (TPSA) is 66.8 Å². The summed E-state index contributed by atoms with van der Waals surface area (Å²) in [5.74, 6) is -1.05. The Labute approximate surface area is 117 Å². The average Bonchev–Trinajstić information content (AvgIpc) is 2.88. The molecule has 106 valence electrons. The molecule has 2 rings (SSSR count). The Kier molecular flexibility index (Phi) is 4.96. The van der Waals surface area contributed by atoms with Crippen LogP contribution in [0.1, 0.15) is 30.6 Å². The summed E-state index contributed by atoms with van der Waals surface area (Å²) < 4.78 is 5.55. The van der Waals surface area contributed by atoms with Crippen LogP contribution in [0.15, 0.2) is 17.5 Å². The fraction of sp³-hybridized carbons (Fsp3) is 0.643. The maximum absolute atomic E-state index is 10.8. The Morgan fingerprint density at radius 3 is 2.79 bits per heavy atom. The second-order valence-corrected chi connectivity index (χ2v) is 6.25. The van der Waals surface area contributed by atoms with E-state index in [2.05, 4.69) is 6.07 Å². The van der Waals surface area contributed by atoms with Crippen molar-refractivity contribution in [1.82, 2.24) is 0 Å². The third kappa shape index (κ3) is 4.30. The summed E-state index contributed by atoms with van der Waals surface area (Å²) in [6.45, 7) is 0.913. The molecule has 1 aliphatic carbocycles. The number of ether oxygens (including phenoxy) is 1. The zero-order valence-electron chi connectivity index (χ0n) is 10.9. The molecule has 0 saturated heterocycles. The highest BCUT2D eigenvalue weighted by molar-refractivity contribution is 7.09. The van der Waals surface area contributed by atoms with E-state index in [4.69, 9.17) is 9.84 Å². The molecule has 2 N–H and O–H groups in total. The molecule has 1 aromatic rings. The zero-order valence-corrected chi connectivity index (χ0v) is 11.7. The number of thiophene rings is 1. The van der Waals surface area contributed by atoms with E-state index in [-0.39, 0.29) is 5.92 Å². The SMILES string of the molecule is O=C(O)C1CCC(O)(COCCc2cccs2)CC1. The smallest absolute Gasteiger partial charge is 0.306 e. The van der Waals surface area contributed by atoms with Gasteiger partial charge in [-0.05, 0) is 37.1 Å². The Hall–Kier alpha value is -0.910. The van der Waals surface area contributed by atoms with E-state index in [0.717, 1.165) is 6.42 Å². The minimum Gasteiger partial charge on any atom is -0.481 e. The molecule has 0 radical (unpaired) electrons. The molecule has 1 aromatic heterocycles. The van der Waals surface area contributed by atoms with Gasteiger partial charge in [-0.2, -0.15) is 0 Å². The number of carboxylic acids is 1. The summed E-state index contributed by atoms with van der Waals surface area (Å²) in [6, 6.07) is 4.08. The van der Waals surface area contributed by atoms with Gasteiger partial charge >= 0.3 is 5.97 Å². The van der Waals surface area contributed by atoms with Gasteiger partial charge in [-0.25, -0.2) is 0 Å². The highest BCUT2D eigenvalue weighted by Crippen LogP contribution is 2.32. The van der Waals surface area contributed by atoms with Gasteiger partial charge in [-0.3, -0.25) is 4.79 Å². The molecular formula is C14H20O4S. The molecule has 1 fully saturated rings. The van der Waals surface area contributed by atoms with Crippen molar-refractivity contribution < 1.29 is 19.7 Å². The van der Waals surface area contributed by atoms with Crippen LogP contribution in [0.4, 0.5) is 0 Å². The van der Waals surface area contributed by atoms with E-state index in [0.29, 0.717) is 38.9 Å². The maximum atomic E-state index is 10.8. The van der Waals surface area contributed by atoms with Crippen LogP contribution in [0.3, 0.4) is 0 Å². The predicted octanol–water partition coefficient (Wildman–Crippen LogP) is 2.31. The van der Waals surface area contributed by atoms with Crippen LogP contribution in [0.25, 0.3) is 0 Å². The number of hydrogen-bond donors (Lipinski definition) is 2. The van der Waals surface area contributed by atoms with E-state index in [9.17, 15) is 9.90 Å². The quantitative estimate of drug-likeness (QED) is 0.787. The average molecular weight is 284 g/mol. The molecule has 1 heterocycles. The van der Waals surface area contributed by atoms with Crippen LogP contribution < -0.4 is 0 Å². The molecule has 0 unspecified atom stereocenters. The van der Waals surface area contributed by atoms with Crippen molar-refractivity contribution in [1.29, 1.82) is 0 Å². The van der Waals surface area contributed by atoms with Crippen molar-refractivity contribution in [3.8, 4) is 0 Å². The third-order valence-electron chi connectivity index (χ3n) is 3.71. The number of hydrogen-bond acceptors (Lipinski definition) is 4. The van der Waals surface area contributed by atoms with Gasteiger partial charge in [0.1, 0.15) is 0 Å². The number of aliphatic carboxylic acids is 1. The molecule has 1 aliphatic rings. The van der Waals surface area contributed by atoms with Crippen LogP contribution in [0.2, 0.25) is 0 Å². The summed E-state index contributed by atoms with van der Waals surface area (Å²) in [7, 11) is 0. The molecular weight excluding hydrogens is 264 g/mol. The lowest BCUT2D eigenvalue weighted by Crippen LogP contribution is -2.40. The van der Waals surface area contributed by atoms with Crippen LogP contribution in [0.5, 0.6) is 0 Å². The van der Waals surface area contributed by atoms with Crippen LogP contribution in [-0.4, -0.2) is 35.0 Å². The first-order valence-corrected chi connectivity index (χ1v) is 7.52. The summed E-state index contributed by atoms with van der Waals surface area (Å²) in [5.41, 5.74) is -0.832. The summed E-state index contributed by atoms with van der Waals surface area (Å²) in [4.78, 5) is 12.1. The minimum atomic E-state index is -0.832. The van der Waals surface area contributed by atoms with Gasteiger partial charge in [0, 0.05) is 11.3 Å². The van der Waals surface area contributed by atoms with E-state index in [1.54, 1.807) is 11.3 Å². The Morgan fingerprint density at radius 2 is 2.21 bits per heavy atom. The fourth-order valence-corrected chi connectivity index (χ4v) is 3.13. The second kappa shape index (κ2) is 6.50. The van der Waals surface area contributed by atoms with Gasteiger partial charge in [0.25, 0.3) is 0 Å². The van der Waals surface area contributed by atoms with Crippen molar-refractivity contribution in [3.63, 3.8) is 0 Å². The van der Waals surface area contributed by atoms with Gasteiger partial charge in [0.05, 0.1) is 24.7 Å². The van der Waals surface area contributed by atoms with E-state index in [1.807, 2.05) is 11.4 Å². The van der Waals surface area contributed by atoms with E-state index >= 15 is 0 Å². The van der Waals surface area contributed by atoms with Gasteiger partial charge in [-0.1, -0.05) is 6.07 Å². The van der Waals surface area contributed by atoms with Crippen LogP contribution in [0, 0.1) is 5.92 Å². The first kappa shape index (κ1) is 14.5. The van der Waals surface area contributed by atoms with Crippen molar-refractivity contribution in [2.24, 2.45) is 5.92 Å². The molecule has 5 heteroatoms.